The molecule has 0 aromatic rings. The number of allylic oxidation sites excluding steroid dienone is 2. The molecule has 0 aromatic heterocycles. The number of nitrogens with zero attached hydrogens (tertiary/aromatic N) is 1. The van der Waals surface area contributed by atoms with Crippen molar-refractivity contribution in [2.75, 3.05) is 0 Å². The molecule has 0 radical (unpaired) electrons. The molecule has 0 heterocycles. The van der Waals surface area contributed by atoms with Crippen molar-refractivity contribution < 1.29 is 0 Å². The molecule has 0 bridgehead atoms. The average Bonchev–Trinajstić information content (AvgIpc) is 1.83. The van der Waals surface area contributed by atoms with Crippen LogP contribution in [0.5, 0.6) is 0 Å². The third-order valence-electron chi connectivity index (χ3n) is 2.35. The third kappa shape index (κ3) is 3.33. The first kappa shape index (κ1) is 12.4. The highest BCUT2D eigenvalue weighted by atomic mass is 14.7. The van der Waals surface area contributed by atoms with Crippen molar-refractivity contribution in [3.05, 3.63) is 11.3 Å². The molecule has 0 unspecified atom stereocenters. The van der Waals surface area contributed by atoms with E-state index in [4.69, 9.17) is 0 Å². The van der Waals surface area contributed by atoms with Gasteiger partial charge in [-0.25, -0.2) is 0 Å². The second kappa shape index (κ2) is 3.65. The molecule has 0 amide bonds. The van der Waals surface area contributed by atoms with Crippen molar-refractivity contribution in [3.8, 4) is 0 Å². The Hall–Kier alpha value is -0.590. The summed E-state index contributed by atoms with van der Waals surface area (Å²) in [6, 6.07) is 0. The Kier molecular flexibility index (Phi) is 3.48. The molecule has 0 fully saturated rings. The first-order chi connectivity index (χ1) is 5.60. The Labute approximate surface area is 83.0 Å². The van der Waals surface area contributed by atoms with E-state index in [9.17, 15) is 0 Å². The summed E-state index contributed by atoms with van der Waals surface area (Å²) in [6.45, 7) is 18.9. The molecule has 0 aliphatic heterocycles. The minimum atomic E-state index is 0.0963. The summed E-state index contributed by atoms with van der Waals surface area (Å²) in [5.74, 6) is 0. The van der Waals surface area contributed by atoms with Crippen LogP contribution in [0.3, 0.4) is 0 Å². The van der Waals surface area contributed by atoms with Crippen molar-refractivity contribution >= 4 is 6.72 Å². The van der Waals surface area contributed by atoms with E-state index in [0.29, 0.717) is 0 Å². The second-order valence-corrected chi connectivity index (χ2v) is 5.63. The molecule has 0 N–H and O–H groups in total. The predicted octanol–water partition coefficient (Wildman–Crippen LogP) is 4.05. The fourth-order valence-corrected chi connectivity index (χ4v) is 1.27. The minimum absolute atomic E-state index is 0.0963. The summed E-state index contributed by atoms with van der Waals surface area (Å²) in [5.41, 5.74) is 2.73. The molecule has 0 spiro atoms. The fourth-order valence-electron chi connectivity index (χ4n) is 1.27. The van der Waals surface area contributed by atoms with E-state index in [1.165, 1.54) is 5.57 Å². The molecule has 0 aliphatic rings. The molecule has 0 atom stereocenters. The Morgan fingerprint density at radius 2 is 1.31 bits per heavy atom. The summed E-state index contributed by atoms with van der Waals surface area (Å²) >= 11 is 0. The van der Waals surface area contributed by atoms with Crippen LogP contribution in [0.15, 0.2) is 16.3 Å². The lowest BCUT2D eigenvalue weighted by molar-refractivity contribution is 0.441. The molecule has 1 nitrogen and oxygen atoms in total. The summed E-state index contributed by atoms with van der Waals surface area (Å²) in [5, 5.41) is 0. The topological polar surface area (TPSA) is 12.4 Å². The van der Waals surface area contributed by atoms with Gasteiger partial charge in [-0.2, -0.15) is 0 Å². The zero-order valence-electron chi connectivity index (χ0n) is 10.2. The summed E-state index contributed by atoms with van der Waals surface area (Å²) in [6.07, 6.45) is 0. The molecule has 0 rings (SSSR count). The molecule has 0 aliphatic carbocycles. The quantitative estimate of drug-likeness (QED) is 0.541. The van der Waals surface area contributed by atoms with E-state index >= 15 is 0 Å². The SMILES string of the molecule is C=N/C(=C(\C)C(C)(C)C)C(C)(C)C. The first-order valence-electron chi connectivity index (χ1n) is 4.79. The fraction of sp³-hybridized carbons (Fsp3) is 0.750. The molecule has 1 heteroatoms. The van der Waals surface area contributed by atoms with Crippen LogP contribution >= 0.6 is 0 Å². The van der Waals surface area contributed by atoms with Crippen LogP contribution in [0.4, 0.5) is 0 Å². The largest absolute Gasteiger partial charge is 0.269 e. The van der Waals surface area contributed by atoms with E-state index in [-0.39, 0.29) is 10.8 Å². The zero-order chi connectivity index (χ0) is 10.9. The van der Waals surface area contributed by atoms with Crippen molar-refractivity contribution in [2.45, 2.75) is 48.5 Å². The second-order valence-electron chi connectivity index (χ2n) is 5.63. The Balaban J connectivity index is 5.28. The van der Waals surface area contributed by atoms with E-state index in [1.54, 1.807) is 0 Å². The van der Waals surface area contributed by atoms with Gasteiger partial charge in [0.05, 0.1) is 0 Å². The van der Waals surface area contributed by atoms with E-state index in [0.717, 1.165) is 5.70 Å². The van der Waals surface area contributed by atoms with Crippen LogP contribution < -0.4 is 0 Å². The molecule has 76 valence electrons. The highest BCUT2D eigenvalue weighted by Gasteiger charge is 2.24. The van der Waals surface area contributed by atoms with Gasteiger partial charge < -0.3 is 0 Å². The average molecular weight is 181 g/mol. The normalized spacial score (nSPS) is 15.3. The van der Waals surface area contributed by atoms with Crippen LogP contribution in [0.1, 0.15) is 48.5 Å². The summed E-state index contributed by atoms with van der Waals surface area (Å²) in [7, 11) is 0. The third-order valence-corrected chi connectivity index (χ3v) is 2.35. The van der Waals surface area contributed by atoms with Crippen molar-refractivity contribution in [2.24, 2.45) is 15.8 Å². The molecule has 0 aromatic carbocycles. The van der Waals surface area contributed by atoms with Crippen molar-refractivity contribution in [3.63, 3.8) is 0 Å². The van der Waals surface area contributed by atoms with Crippen LogP contribution in [-0.2, 0) is 0 Å². The predicted molar refractivity (Wildman–Crippen MR) is 61.2 cm³/mol. The van der Waals surface area contributed by atoms with Gasteiger partial charge in [-0.3, -0.25) is 4.99 Å². The zero-order valence-corrected chi connectivity index (χ0v) is 10.2. The van der Waals surface area contributed by atoms with Gasteiger partial charge in [-0.05, 0) is 24.6 Å². The van der Waals surface area contributed by atoms with E-state index in [1.807, 2.05) is 0 Å². The maximum absolute atomic E-state index is 4.16. The van der Waals surface area contributed by atoms with E-state index < -0.39 is 0 Å². The maximum atomic E-state index is 4.16. The lowest BCUT2D eigenvalue weighted by atomic mass is 9.79. The van der Waals surface area contributed by atoms with Gasteiger partial charge in [0, 0.05) is 11.1 Å². The molecule has 0 saturated carbocycles. The minimum Gasteiger partial charge on any atom is -0.269 e. The lowest BCUT2D eigenvalue weighted by Gasteiger charge is -2.28. The smallest absolute Gasteiger partial charge is 0.0444 e. The highest BCUT2D eigenvalue weighted by molar-refractivity contribution is 5.34. The number of hydrogen-bond donors (Lipinski definition) is 0. The number of rotatable bonds is 1. The molecular weight excluding hydrogens is 158 g/mol. The molecular formula is C12H23N. The number of hydrogen-bond acceptors (Lipinski definition) is 1. The van der Waals surface area contributed by atoms with Gasteiger partial charge in [0.25, 0.3) is 0 Å². The van der Waals surface area contributed by atoms with Gasteiger partial charge >= 0.3 is 0 Å². The van der Waals surface area contributed by atoms with Gasteiger partial charge in [0.2, 0.25) is 0 Å². The highest BCUT2D eigenvalue weighted by Crippen LogP contribution is 2.36. The Morgan fingerprint density at radius 3 is 1.38 bits per heavy atom. The van der Waals surface area contributed by atoms with Gasteiger partial charge in [-0.1, -0.05) is 41.5 Å². The Morgan fingerprint density at radius 1 is 0.923 bits per heavy atom. The summed E-state index contributed by atoms with van der Waals surface area (Å²) < 4.78 is 0. The van der Waals surface area contributed by atoms with Crippen molar-refractivity contribution in [1.82, 2.24) is 0 Å². The molecule has 0 saturated heterocycles. The van der Waals surface area contributed by atoms with Gasteiger partial charge in [0.1, 0.15) is 0 Å². The first-order valence-corrected chi connectivity index (χ1v) is 4.79. The van der Waals surface area contributed by atoms with Gasteiger partial charge in [-0.15, -0.1) is 0 Å². The molecule has 13 heavy (non-hydrogen) atoms. The Bertz CT molecular complexity index is 220. The van der Waals surface area contributed by atoms with Crippen LogP contribution in [0.2, 0.25) is 0 Å². The van der Waals surface area contributed by atoms with Crippen LogP contribution in [0.25, 0.3) is 0 Å². The van der Waals surface area contributed by atoms with Crippen LogP contribution in [-0.4, -0.2) is 6.72 Å². The number of aliphatic imine (C=N–C) groups is 1. The van der Waals surface area contributed by atoms with Crippen LogP contribution in [0, 0.1) is 10.8 Å². The van der Waals surface area contributed by atoms with Crippen molar-refractivity contribution in [1.29, 1.82) is 0 Å². The summed E-state index contributed by atoms with van der Waals surface area (Å²) in [4.78, 5) is 4.16. The standard InChI is InChI=1S/C12H23N/c1-9(11(2,3)4)10(13-8)12(5,6)7/h8H2,1-7H3/b10-9+. The monoisotopic (exact) mass is 181 g/mol. The van der Waals surface area contributed by atoms with E-state index in [2.05, 4.69) is 60.2 Å². The lowest BCUT2D eigenvalue weighted by Crippen LogP contribution is -2.16. The van der Waals surface area contributed by atoms with Gasteiger partial charge in [0.15, 0.2) is 0 Å². The maximum Gasteiger partial charge on any atom is 0.0444 e.